The van der Waals surface area contributed by atoms with Gasteiger partial charge in [0, 0.05) is 24.9 Å². The van der Waals surface area contributed by atoms with Crippen LogP contribution in [-0.4, -0.2) is 42.5 Å². The van der Waals surface area contributed by atoms with Gasteiger partial charge in [0.25, 0.3) is 5.91 Å². The number of carbonyl (C=O) groups excluding carboxylic acids is 2. The number of likely N-dealkylation sites (tertiary alicyclic amines) is 1. The number of para-hydroxylation sites is 1. The number of carbonyl (C=O) groups is 2. The third-order valence-electron chi connectivity index (χ3n) is 6.07. The molecule has 3 fully saturated rings. The van der Waals surface area contributed by atoms with Gasteiger partial charge in [-0.1, -0.05) is 31.0 Å². The van der Waals surface area contributed by atoms with E-state index in [1.807, 2.05) is 35.2 Å². The summed E-state index contributed by atoms with van der Waals surface area (Å²) in [6, 6.07) is 9.46. The van der Waals surface area contributed by atoms with Gasteiger partial charge in [-0.05, 0) is 43.7 Å². The van der Waals surface area contributed by atoms with Gasteiger partial charge < -0.3 is 15.0 Å². The van der Waals surface area contributed by atoms with Crippen LogP contribution in [0.4, 0.5) is 0 Å². The summed E-state index contributed by atoms with van der Waals surface area (Å²) < 4.78 is 5.55. The van der Waals surface area contributed by atoms with Crippen molar-refractivity contribution in [3.63, 3.8) is 0 Å². The van der Waals surface area contributed by atoms with Crippen LogP contribution in [0.1, 0.15) is 38.5 Å². The Morgan fingerprint density at radius 2 is 1.77 bits per heavy atom. The highest BCUT2D eigenvalue weighted by atomic mass is 16.5. The van der Waals surface area contributed by atoms with Crippen LogP contribution in [0.25, 0.3) is 0 Å². The standard InChI is InChI=1S/C21H28N2O3/c24-20(14-26-17-8-2-1-3-9-17)22-19-13-23(12-18(19)15-10-11-15)21(25)16-6-4-5-7-16/h1-3,8-9,15-16,18-19H,4-7,10-14H2,(H,22,24)/t18-,19+/m1/s1. The first-order chi connectivity index (χ1) is 12.7. The number of benzene rings is 1. The maximum absolute atomic E-state index is 12.8. The Morgan fingerprint density at radius 1 is 1.04 bits per heavy atom. The Hall–Kier alpha value is -2.04. The van der Waals surface area contributed by atoms with Gasteiger partial charge in [0.15, 0.2) is 6.61 Å². The summed E-state index contributed by atoms with van der Waals surface area (Å²) in [5.74, 6) is 2.19. The summed E-state index contributed by atoms with van der Waals surface area (Å²) in [6.07, 6.45) is 6.86. The van der Waals surface area contributed by atoms with Crippen molar-refractivity contribution in [1.82, 2.24) is 10.2 Å². The molecule has 2 aliphatic carbocycles. The fourth-order valence-corrected chi connectivity index (χ4v) is 4.51. The molecule has 1 aromatic rings. The zero-order valence-corrected chi connectivity index (χ0v) is 15.2. The summed E-state index contributed by atoms with van der Waals surface area (Å²) in [6.45, 7) is 1.49. The van der Waals surface area contributed by atoms with Crippen LogP contribution in [0.2, 0.25) is 0 Å². The quantitative estimate of drug-likeness (QED) is 0.852. The predicted molar refractivity (Wildman–Crippen MR) is 98.6 cm³/mol. The molecule has 1 aliphatic heterocycles. The van der Waals surface area contributed by atoms with Gasteiger partial charge in [-0.2, -0.15) is 0 Å². The van der Waals surface area contributed by atoms with Crippen LogP contribution in [0.3, 0.4) is 0 Å². The average molecular weight is 356 g/mol. The molecule has 0 bridgehead atoms. The van der Waals surface area contributed by atoms with Crippen molar-refractivity contribution in [2.24, 2.45) is 17.8 Å². The van der Waals surface area contributed by atoms with E-state index in [9.17, 15) is 9.59 Å². The zero-order valence-electron chi connectivity index (χ0n) is 15.2. The second kappa shape index (κ2) is 7.68. The predicted octanol–water partition coefficient (Wildman–Crippen LogP) is 2.61. The average Bonchev–Trinajstić information content (AvgIpc) is 3.19. The molecule has 3 aliphatic rings. The van der Waals surface area contributed by atoms with Crippen molar-refractivity contribution in [2.45, 2.75) is 44.6 Å². The normalized spacial score (nSPS) is 26.1. The van der Waals surface area contributed by atoms with Crippen molar-refractivity contribution in [3.05, 3.63) is 30.3 Å². The van der Waals surface area contributed by atoms with Gasteiger partial charge >= 0.3 is 0 Å². The molecule has 1 aromatic carbocycles. The third kappa shape index (κ3) is 4.02. The molecule has 1 heterocycles. The lowest BCUT2D eigenvalue weighted by Gasteiger charge is -2.20. The monoisotopic (exact) mass is 356 g/mol. The minimum absolute atomic E-state index is 0.0223. The number of hydrogen-bond acceptors (Lipinski definition) is 3. The molecule has 4 rings (SSSR count). The van der Waals surface area contributed by atoms with Gasteiger partial charge in [-0.25, -0.2) is 0 Å². The summed E-state index contributed by atoms with van der Waals surface area (Å²) >= 11 is 0. The third-order valence-corrected chi connectivity index (χ3v) is 6.07. The molecular formula is C21H28N2O3. The van der Waals surface area contributed by atoms with Crippen LogP contribution >= 0.6 is 0 Å². The Morgan fingerprint density at radius 3 is 2.46 bits per heavy atom. The van der Waals surface area contributed by atoms with Gasteiger partial charge in [0.05, 0.1) is 6.04 Å². The lowest BCUT2D eigenvalue weighted by Crippen LogP contribution is -2.44. The lowest BCUT2D eigenvalue weighted by atomic mass is 9.98. The summed E-state index contributed by atoms with van der Waals surface area (Å²) in [4.78, 5) is 27.1. The molecule has 0 unspecified atom stereocenters. The molecule has 1 saturated heterocycles. The van der Waals surface area contributed by atoms with Crippen LogP contribution in [0, 0.1) is 17.8 Å². The van der Waals surface area contributed by atoms with Crippen molar-refractivity contribution in [3.8, 4) is 5.75 Å². The van der Waals surface area contributed by atoms with Gasteiger partial charge in [-0.15, -0.1) is 0 Å². The van der Waals surface area contributed by atoms with Crippen LogP contribution in [-0.2, 0) is 9.59 Å². The first-order valence-corrected chi connectivity index (χ1v) is 9.96. The highest BCUT2D eigenvalue weighted by Crippen LogP contribution is 2.42. The summed E-state index contributed by atoms with van der Waals surface area (Å²) in [5, 5.41) is 3.14. The van der Waals surface area contributed by atoms with E-state index in [0.29, 0.717) is 30.0 Å². The topological polar surface area (TPSA) is 58.6 Å². The van der Waals surface area contributed by atoms with E-state index in [1.54, 1.807) is 0 Å². The van der Waals surface area contributed by atoms with Crippen molar-refractivity contribution in [1.29, 1.82) is 0 Å². The minimum Gasteiger partial charge on any atom is -0.484 e. The Bertz CT molecular complexity index is 638. The van der Waals surface area contributed by atoms with Crippen LogP contribution in [0.15, 0.2) is 30.3 Å². The minimum atomic E-state index is -0.0975. The zero-order chi connectivity index (χ0) is 17.9. The summed E-state index contributed by atoms with van der Waals surface area (Å²) in [5.41, 5.74) is 0. The van der Waals surface area contributed by atoms with Crippen molar-refractivity contribution < 1.29 is 14.3 Å². The molecule has 0 spiro atoms. The number of nitrogens with zero attached hydrogens (tertiary/aromatic N) is 1. The largest absolute Gasteiger partial charge is 0.484 e. The Balaban J connectivity index is 1.32. The highest BCUT2D eigenvalue weighted by molar-refractivity contribution is 5.80. The SMILES string of the molecule is O=C(COc1ccccc1)N[C@H]1CN(C(=O)C2CCCC2)C[C@@H]1C1CC1. The fourth-order valence-electron chi connectivity index (χ4n) is 4.51. The van der Waals surface area contributed by atoms with Gasteiger partial charge in [0.2, 0.25) is 5.91 Å². The van der Waals surface area contributed by atoms with Crippen molar-refractivity contribution in [2.75, 3.05) is 19.7 Å². The second-order valence-corrected chi connectivity index (χ2v) is 8.00. The smallest absolute Gasteiger partial charge is 0.258 e. The molecule has 2 saturated carbocycles. The molecule has 0 radical (unpaired) electrons. The highest BCUT2D eigenvalue weighted by Gasteiger charge is 2.45. The number of hydrogen-bond donors (Lipinski definition) is 1. The number of ether oxygens (including phenoxy) is 1. The van der Waals surface area contributed by atoms with Crippen molar-refractivity contribution >= 4 is 11.8 Å². The van der Waals surface area contributed by atoms with E-state index >= 15 is 0 Å². The van der Waals surface area contributed by atoms with Crippen LogP contribution in [0.5, 0.6) is 5.75 Å². The Labute approximate surface area is 155 Å². The first-order valence-electron chi connectivity index (χ1n) is 9.96. The molecule has 0 aromatic heterocycles. The second-order valence-electron chi connectivity index (χ2n) is 8.00. The fraction of sp³-hybridized carbons (Fsp3) is 0.619. The molecule has 5 heteroatoms. The molecular weight excluding hydrogens is 328 g/mol. The van der Waals surface area contributed by atoms with E-state index in [4.69, 9.17) is 4.74 Å². The molecule has 2 amide bonds. The van der Waals surface area contributed by atoms with E-state index in [-0.39, 0.29) is 24.5 Å². The summed E-state index contributed by atoms with van der Waals surface area (Å²) in [7, 11) is 0. The number of rotatable bonds is 6. The molecule has 26 heavy (non-hydrogen) atoms. The van der Waals surface area contributed by atoms with E-state index in [1.165, 1.54) is 25.7 Å². The van der Waals surface area contributed by atoms with Crippen LogP contribution < -0.4 is 10.1 Å². The van der Waals surface area contributed by atoms with Gasteiger partial charge in [0.1, 0.15) is 5.75 Å². The van der Waals surface area contributed by atoms with E-state index < -0.39 is 0 Å². The molecule has 2 atom stereocenters. The molecule has 5 nitrogen and oxygen atoms in total. The lowest BCUT2D eigenvalue weighted by molar-refractivity contribution is -0.134. The molecule has 1 N–H and O–H groups in total. The van der Waals surface area contributed by atoms with E-state index in [2.05, 4.69) is 5.32 Å². The number of amides is 2. The maximum atomic E-state index is 12.8. The first kappa shape index (κ1) is 17.4. The molecule has 140 valence electrons. The number of nitrogens with one attached hydrogen (secondary N) is 1. The van der Waals surface area contributed by atoms with E-state index in [0.717, 1.165) is 19.4 Å². The Kier molecular flexibility index (Phi) is 5.14. The van der Waals surface area contributed by atoms with Gasteiger partial charge in [-0.3, -0.25) is 9.59 Å². The maximum Gasteiger partial charge on any atom is 0.258 e.